The molecule has 5 rings (SSSR count). The predicted octanol–water partition coefficient (Wildman–Crippen LogP) is 3.49. The van der Waals surface area contributed by atoms with Crippen LogP contribution in [0.3, 0.4) is 0 Å². The molecule has 0 fully saturated rings. The highest BCUT2D eigenvalue weighted by Crippen LogP contribution is 2.25. The standard InChI is InChI=1S/C20H16FN5/c21-17-7-6-16-13-25(11-10-15(16)12-17)19-9-8-18-22-23-20(26(18)24-19)14-4-2-1-3-5-14/h1-9,12H,10-11,13H2. The van der Waals surface area contributed by atoms with E-state index in [2.05, 4.69) is 15.1 Å². The van der Waals surface area contributed by atoms with Crippen molar-refractivity contribution in [1.82, 2.24) is 19.8 Å². The summed E-state index contributed by atoms with van der Waals surface area (Å²) in [6.45, 7) is 1.52. The van der Waals surface area contributed by atoms with Crippen molar-refractivity contribution in [2.75, 3.05) is 11.4 Å². The molecule has 0 saturated heterocycles. The number of anilines is 1. The fourth-order valence-electron chi connectivity index (χ4n) is 3.43. The maximum Gasteiger partial charge on any atom is 0.185 e. The fourth-order valence-corrected chi connectivity index (χ4v) is 3.43. The Morgan fingerprint density at radius 3 is 2.65 bits per heavy atom. The molecule has 0 atom stereocenters. The molecule has 2 aromatic heterocycles. The number of aromatic nitrogens is 4. The molecule has 0 bridgehead atoms. The normalized spacial score (nSPS) is 13.8. The molecule has 128 valence electrons. The molecule has 0 unspecified atom stereocenters. The molecule has 2 aromatic carbocycles. The summed E-state index contributed by atoms with van der Waals surface area (Å²) in [5.74, 6) is 1.42. The van der Waals surface area contributed by atoms with Crippen LogP contribution in [0.15, 0.2) is 60.7 Å². The third-order valence-corrected chi connectivity index (χ3v) is 4.79. The van der Waals surface area contributed by atoms with Crippen molar-refractivity contribution in [2.45, 2.75) is 13.0 Å². The molecule has 4 aromatic rings. The van der Waals surface area contributed by atoms with Crippen LogP contribution < -0.4 is 4.90 Å². The highest BCUT2D eigenvalue weighted by atomic mass is 19.1. The van der Waals surface area contributed by atoms with Crippen LogP contribution >= 0.6 is 0 Å². The van der Waals surface area contributed by atoms with E-state index in [0.717, 1.165) is 47.8 Å². The summed E-state index contributed by atoms with van der Waals surface area (Å²) in [4.78, 5) is 2.20. The van der Waals surface area contributed by atoms with Gasteiger partial charge in [-0.25, -0.2) is 4.39 Å². The van der Waals surface area contributed by atoms with Gasteiger partial charge in [0.15, 0.2) is 11.5 Å². The minimum Gasteiger partial charge on any atom is -0.351 e. The Morgan fingerprint density at radius 1 is 0.885 bits per heavy atom. The summed E-state index contributed by atoms with van der Waals surface area (Å²) in [5.41, 5.74) is 3.92. The minimum absolute atomic E-state index is 0.172. The van der Waals surface area contributed by atoms with Gasteiger partial charge in [-0.3, -0.25) is 0 Å². The van der Waals surface area contributed by atoms with E-state index < -0.39 is 0 Å². The average molecular weight is 345 g/mol. The first-order valence-electron chi connectivity index (χ1n) is 8.58. The third kappa shape index (κ3) is 2.50. The lowest BCUT2D eigenvalue weighted by atomic mass is 10.00. The molecule has 0 radical (unpaired) electrons. The van der Waals surface area contributed by atoms with Crippen LogP contribution in [0.2, 0.25) is 0 Å². The Kier molecular flexibility index (Phi) is 3.41. The van der Waals surface area contributed by atoms with Gasteiger partial charge in [-0.1, -0.05) is 36.4 Å². The number of fused-ring (bicyclic) bond motifs is 2. The molecule has 0 saturated carbocycles. The SMILES string of the molecule is Fc1ccc2c(c1)CCN(c1ccc3nnc(-c4ccccc4)n3n1)C2. The first-order chi connectivity index (χ1) is 12.8. The van der Waals surface area contributed by atoms with Crippen molar-refractivity contribution >= 4 is 11.5 Å². The van der Waals surface area contributed by atoms with Crippen LogP contribution in [0.1, 0.15) is 11.1 Å². The number of rotatable bonds is 2. The van der Waals surface area contributed by atoms with E-state index in [1.54, 1.807) is 10.6 Å². The number of hydrogen-bond acceptors (Lipinski definition) is 4. The molecule has 1 aliphatic rings. The molecular weight excluding hydrogens is 329 g/mol. The lowest BCUT2D eigenvalue weighted by Crippen LogP contribution is -2.31. The molecule has 0 N–H and O–H groups in total. The van der Waals surface area contributed by atoms with Gasteiger partial charge in [0.2, 0.25) is 0 Å². The van der Waals surface area contributed by atoms with Gasteiger partial charge in [0.1, 0.15) is 11.6 Å². The van der Waals surface area contributed by atoms with Crippen molar-refractivity contribution in [3.05, 3.63) is 77.6 Å². The Labute approximate surface area is 149 Å². The molecular formula is C20H16FN5. The zero-order valence-electron chi connectivity index (χ0n) is 14.0. The molecule has 5 nitrogen and oxygen atoms in total. The molecule has 3 heterocycles. The van der Waals surface area contributed by atoms with Crippen LogP contribution in [0.25, 0.3) is 17.0 Å². The Balaban J connectivity index is 1.53. The average Bonchev–Trinajstić information content (AvgIpc) is 3.11. The highest BCUT2D eigenvalue weighted by Gasteiger charge is 2.19. The summed E-state index contributed by atoms with van der Waals surface area (Å²) in [7, 11) is 0. The van der Waals surface area contributed by atoms with Crippen molar-refractivity contribution in [3.8, 4) is 11.4 Å². The quantitative estimate of drug-likeness (QED) is 0.558. The number of hydrogen-bond donors (Lipinski definition) is 0. The van der Waals surface area contributed by atoms with Crippen molar-refractivity contribution < 1.29 is 4.39 Å². The summed E-state index contributed by atoms with van der Waals surface area (Å²) in [5, 5.41) is 13.3. The van der Waals surface area contributed by atoms with Crippen molar-refractivity contribution in [1.29, 1.82) is 0 Å². The molecule has 26 heavy (non-hydrogen) atoms. The van der Waals surface area contributed by atoms with E-state index in [0.29, 0.717) is 5.65 Å². The minimum atomic E-state index is -0.172. The van der Waals surface area contributed by atoms with Gasteiger partial charge in [0.05, 0.1) is 0 Å². The van der Waals surface area contributed by atoms with Crippen LogP contribution in [-0.4, -0.2) is 26.4 Å². The highest BCUT2D eigenvalue weighted by molar-refractivity contribution is 5.59. The summed E-state index contributed by atoms with van der Waals surface area (Å²) in [6, 6.07) is 18.8. The summed E-state index contributed by atoms with van der Waals surface area (Å²) < 4.78 is 15.2. The van der Waals surface area contributed by atoms with Gasteiger partial charge in [-0.15, -0.1) is 15.3 Å². The monoisotopic (exact) mass is 345 g/mol. The number of nitrogens with zero attached hydrogens (tertiary/aromatic N) is 5. The predicted molar refractivity (Wildman–Crippen MR) is 97.4 cm³/mol. The fraction of sp³-hybridized carbons (Fsp3) is 0.150. The van der Waals surface area contributed by atoms with Gasteiger partial charge in [-0.05, 0) is 41.8 Å². The van der Waals surface area contributed by atoms with Crippen LogP contribution in [-0.2, 0) is 13.0 Å². The topological polar surface area (TPSA) is 46.3 Å². The van der Waals surface area contributed by atoms with Gasteiger partial charge in [0.25, 0.3) is 0 Å². The lowest BCUT2D eigenvalue weighted by molar-refractivity contribution is 0.618. The first-order valence-corrected chi connectivity index (χ1v) is 8.58. The van der Waals surface area contributed by atoms with Gasteiger partial charge < -0.3 is 4.90 Å². The number of benzene rings is 2. The van der Waals surface area contributed by atoms with E-state index in [-0.39, 0.29) is 5.82 Å². The zero-order chi connectivity index (χ0) is 17.5. The summed E-state index contributed by atoms with van der Waals surface area (Å²) >= 11 is 0. The maximum absolute atomic E-state index is 13.4. The van der Waals surface area contributed by atoms with E-state index >= 15 is 0 Å². The van der Waals surface area contributed by atoms with Crippen LogP contribution in [0.4, 0.5) is 10.2 Å². The van der Waals surface area contributed by atoms with E-state index in [1.807, 2.05) is 48.5 Å². The molecule has 6 heteroatoms. The zero-order valence-corrected chi connectivity index (χ0v) is 14.0. The second-order valence-corrected chi connectivity index (χ2v) is 6.44. The van der Waals surface area contributed by atoms with Crippen LogP contribution in [0, 0.1) is 5.82 Å². The molecule has 0 amide bonds. The lowest BCUT2D eigenvalue weighted by Gasteiger charge is -2.29. The first kappa shape index (κ1) is 15.0. The van der Waals surface area contributed by atoms with Crippen molar-refractivity contribution in [2.24, 2.45) is 0 Å². The van der Waals surface area contributed by atoms with E-state index in [4.69, 9.17) is 5.10 Å². The van der Waals surface area contributed by atoms with Gasteiger partial charge in [0, 0.05) is 18.7 Å². The molecule has 1 aliphatic heterocycles. The van der Waals surface area contributed by atoms with Gasteiger partial charge in [-0.2, -0.15) is 4.52 Å². The second kappa shape index (κ2) is 5.91. The maximum atomic E-state index is 13.4. The molecule has 0 aliphatic carbocycles. The van der Waals surface area contributed by atoms with Gasteiger partial charge >= 0.3 is 0 Å². The largest absolute Gasteiger partial charge is 0.351 e. The molecule has 0 spiro atoms. The summed E-state index contributed by atoms with van der Waals surface area (Å²) in [6.07, 6.45) is 0.806. The van der Waals surface area contributed by atoms with Crippen molar-refractivity contribution in [3.63, 3.8) is 0 Å². The van der Waals surface area contributed by atoms with E-state index in [9.17, 15) is 4.39 Å². The Hall–Kier alpha value is -3.28. The number of halogens is 1. The third-order valence-electron chi connectivity index (χ3n) is 4.79. The van der Waals surface area contributed by atoms with E-state index in [1.165, 1.54) is 6.07 Å². The van der Waals surface area contributed by atoms with Crippen LogP contribution in [0.5, 0.6) is 0 Å². The smallest absolute Gasteiger partial charge is 0.185 e. The Morgan fingerprint density at radius 2 is 1.77 bits per heavy atom. The Bertz CT molecular complexity index is 1090. The second-order valence-electron chi connectivity index (χ2n) is 6.44.